The van der Waals surface area contributed by atoms with Crippen LogP contribution in [0.3, 0.4) is 0 Å². The van der Waals surface area contributed by atoms with E-state index in [1.807, 2.05) is 12.4 Å². The Kier molecular flexibility index (Phi) is 4.12. The molecule has 3 nitrogen and oxygen atoms in total. The fourth-order valence-corrected chi connectivity index (χ4v) is 3.05. The van der Waals surface area contributed by atoms with Gasteiger partial charge in [0, 0.05) is 36.5 Å². The highest BCUT2D eigenvalue weighted by atomic mass is 15.0. The third kappa shape index (κ3) is 3.53. The first-order valence-corrected chi connectivity index (χ1v) is 7.89. The van der Waals surface area contributed by atoms with Crippen molar-refractivity contribution in [1.82, 2.24) is 15.3 Å². The van der Waals surface area contributed by atoms with Crippen LogP contribution < -0.4 is 5.32 Å². The number of aromatic nitrogens is 2. The lowest BCUT2D eigenvalue weighted by atomic mass is 9.80. The molecule has 0 amide bonds. The molecule has 1 heterocycles. The third-order valence-corrected chi connectivity index (χ3v) is 4.69. The smallest absolute Gasteiger partial charge is 0.131 e. The summed E-state index contributed by atoms with van der Waals surface area (Å²) in [6.45, 7) is 3.23. The van der Waals surface area contributed by atoms with Crippen molar-refractivity contribution < 1.29 is 0 Å². The minimum atomic E-state index is 0.605. The Balaban J connectivity index is 1.53. The van der Waals surface area contributed by atoms with Crippen LogP contribution in [0.1, 0.15) is 69.2 Å². The molecule has 1 aromatic rings. The predicted molar refractivity (Wildman–Crippen MR) is 76.9 cm³/mol. The summed E-state index contributed by atoms with van der Waals surface area (Å²) in [4.78, 5) is 9.20. The van der Waals surface area contributed by atoms with Crippen molar-refractivity contribution in [3.05, 3.63) is 23.8 Å². The molecule has 19 heavy (non-hydrogen) atoms. The van der Waals surface area contributed by atoms with E-state index < -0.39 is 0 Å². The van der Waals surface area contributed by atoms with Gasteiger partial charge in [0.1, 0.15) is 5.82 Å². The maximum atomic E-state index is 4.60. The number of rotatable bonds is 5. The molecule has 0 saturated heterocycles. The molecular formula is C16H25N3. The van der Waals surface area contributed by atoms with Crippen molar-refractivity contribution in [3.63, 3.8) is 0 Å². The van der Waals surface area contributed by atoms with Crippen molar-refractivity contribution in [2.45, 2.75) is 70.4 Å². The van der Waals surface area contributed by atoms with Crippen LogP contribution in [0.25, 0.3) is 0 Å². The van der Waals surface area contributed by atoms with Crippen molar-refractivity contribution in [1.29, 1.82) is 0 Å². The SMILES string of the molecule is CCC1CCC(c2ncc(CNC3CC3)cn2)CC1. The standard InChI is InChI=1S/C16H25N3/c1-2-12-3-5-14(6-4-12)16-18-10-13(11-19-16)9-17-15-7-8-15/h10-12,14-15,17H,2-9H2,1H3. The molecule has 104 valence electrons. The second kappa shape index (κ2) is 6.00. The van der Waals surface area contributed by atoms with Crippen LogP contribution in [-0.2, 0) is 6.54 Å². The molecule has 2 fully saturated rings. The summed E-state index contributed by atoms with van der Waals surface area (Å²) in [7, 11) is 0. The van der Waals surface area contributed by atoms with Crippen LogP contribution >= 0.6 is 0 Å². The van der Waals surface area contributed by atoms with Crippen LogP contribution in [-0.4, -0.2) is 16.0 Å². The third-order valence-electron chi connectivity index (χ3n) is 4.69. The van der Waals surface area contributed by atoms with Gasteiger partial charge in [-0.2, -0.15) is 0 Å². The fraction of sp³-hybridized carbons (Fsp3) is 0.750. The summed E-state index contributed by atoms with van der Waals surface area (Å²) >= 11 is 0. The van der Waals surface area contributed by atoms with E-state index in [0.717, 1.165) is 24.3 Å². The van der Waals surface area contributed by atoms with Crippen molar-refractivity contribution in [2.75, 3.05) is 0 Å². The minimum Gasteiger partial charge on any atom is -0.310 e. The summed E-state index contributed by atoms with van der Waals surface area (Å²) in [5.41, 5.74) is 1.22. The molecule has 3 rings (SSSR count). The average molecular weight is 259 g/mol. The van der Waals surface area contributed by atoms with Crippen LogP contribution in [0.5, 0.6) is 0 Å². The van der Waals surface area contributed by atoms with Gasteiger partial charge < -0.3 is 5.32 Å². The summed E-state index contributed by atoms with van der Waals surface area (Å²) in [6, 6.07) is 0.754. The van der Waals surface area contributed by atoms with Crippen molar-refractivity contribution in [3.8, 4) is 0 Å². The van der Waals surface area contributed by atoms with Crippen molar-refractivity contribution >= 4 is 0 Å². The zero-order chi connectivity index (χ0) is 13.1. The largest absolute Gasteiger partial charge is 0.310 e. The molecule has 1 aromatic heterocycles. The Morgan fingerprint density at radius 3 is 2.32 bits per heavy atom. The molecule has 0 bridgehead atoms. The molecule has 1 N–H and O–H groups in total. The Hall–Kier alpha value is -0.960. The van der Waals surface area contributed by atoms with E-state index in [1.165, 1.54) is 50.5 Å². The fourth-order valence-electron chi connectivity index (χ4n) is 3.05. The van der Waals surface area contributed by atoms with Crippen molar-refractivity contribution in [2.24, 2.45) is 5.92 Å². The summed E-state index contributed by atoms with van der Waals surface area (Å²) < 4.78 is 0. The Labute approximate surface area is 116 Å². The molecule has 2 aliphatic carbocycles. The normalized spacial score (nSPS) is 27.4. The van der Waals surface area contributed by atoms with Crippen LogP contribution in [0.2, 0.25) is 0 Å². The van der Waals surface area contributed by atoms with Gasteiger partial charge in [0.15, 0.2) is 0 Å². The molecule has 2 aliphatic rings. The molecule has 0 radical (unpaired) electrons. The number of nitrogens with zero attached hydrogens (tertiary/aromatic N) is 2. The first kappa shape index (κ1) is 13.0. The second-order valence-electron chi connectivity index (χ2n) is 6.23. The maximum absolute atomic E-state index is 4.60. The average Bonchev–Trinajstić information content (AvgIpc) is 3.30. The van der Waals surface area contributed by atoms with E-state index >= 15 is 0 Å². The quantitative estimate of drug-likeness (QED) is 0.880. The van der Waals surface area contributed by atoms with Gasteiger partial charge in [-0.25, -0.2) is 9.97 Å². The maximum Gasteiger partial charge on any atom is 0.131 e. The summed E-state index contributed by atoms with van der Waals surface area (Å²) in [5, 5.41) is 3.51. The van der Waals surface area contributed by atoms with Gasteiger partial charge in [-0.1, -0.05) is 13.3 Å². The van der Waals surface area contributed by atoms with Gasteiger partial charge in [0.05, 0.1) is 0 Å². The monoisotopic (exact) mass is 259 g/mol. The van der Waals surface area contributed by atoms with Gasteiger partial charge in [0.2, 0.25) is 0 Å². The van der Waals surface area contributed by atoms with Crippen LogP contribution in [0.4, 0.5) is 0 Å². The van der Waals surface area contributed by atoms with Gasteiger partial charge in [-0.05, 0) is 44.4 Å². The topological polar surface area (TPSA) is 37.8 Å². The number of hydrogen-bond donors (Lipinski definition) is 1. The lowest BCUT2D eigenvalue weighted by molar-refractivity contribution is 0.312. The molecule has 0 atom stereocenters. The molecule has 0 aliphatic heterocycles. The van der Waals surface area contributed by atoms with E-state index in [1.54, 1.807) is 0 Å². The predicted octanol–water partition coefficient (Wildman–Crippen LogP) is 3.41. The van der Waals surface area contributed by atoms with Gasteiger partial charge in [-0.15, -0.1) is 0 Å². The van der Waals surface area contributed by atoms with Crippen LogP contribution in [0.15, 0.2) is 12.4 Å². The zero-order valence-electron chi connectivity index (χ0n) is 11.9. The number of nitrogens with one attached hydrogen (secondary N) is 1. The lowest BCUT2D eigenvalue weighted by Gasteiger charge is -2.26. The van der Waals surface area contributed by atoms with E-state index in [-0.39, 0.29) is 0 Å². The highest BCUT2D eigenvalue weighted by molar-refractivity contribution is 5.08. The van der Waals surface area contributed by atoms with E-state index in [2.05, 4.69) is 22.2 Å². The van der Waals surface area contributed by atoms with Crippen LogP contribution in [0, 0.1) is 5.92 Å². The Morgan fingerprint density at radius 1 is 1.05 bits per heavy atom. The zero-order valence-corrected chi connectivity index (χ0v) is 11.9. The van der Waals surface area contributed by atoms with E-state index in [0.29, 0.717) is 5.92 Å². The highest BCUT2D eigenvalue weighted by Crippen LogP contribution is 2.35. The molecule has 0 aromatic carbocycles. The molecule has 0 unspecified atom stereocenters. The second-order valence-corrected chi connectivity index (χ2v) is 6.23. The number of hydrogen-bond acceptors (Lipinski definition) is 3. The van der Waals surface area contributed by atoms with Gasteiger partial charge >= 0.3 is 0 Å². The highest BCUT2D eigenvalue weighted by Gasteiger charge is 2.23. The van der Waals surface area contributed by atoms with E-state index in [4.69, 9.17) is 0 Å². The molecular weight excluding hydrogens is 234 g/mol. The summed E-state index contributed by atoms with van der Waals surface area (Å²) in [5.74, 6) is 2.62. The minimum absolute atomic E-state index is 0.605. The van der Waals surface area contributed by atoms with Gasteiger partial charge in [0.25, 0.3) is 0 Å². The lowest BCUT2D eigenvalue weighted by Crippen LogP contribution is -2.17. The first-order valence-electron chi connectivity index (χ1n) is 7.89. The Bertz CT molecular complexity index is 389. The first-order chi connectivity index (χ1) is 9.35. The Morgan fingerprint density at radius 2 is 1.74 bits per heavy atom. The van der Waals surface area contributed by atoms with E-state index in [9.17, 15) is 0 Å². The molecule has 2 saturated carbocycles. The van der Waals surface area contributed by atoms with Gasteiger partial charge in [-0.3, -0.25) is 0 Å². The molecule has 0 spiro atoms. The summed E-state index contributed by atoms with van der Waals surface area (Å²) in [6.07, 6.45) is 13.3. The molecule has 3 heteroatoms.